The highest BCUT2D eigenvalue weighted by Crippen LogP contribution is 2.20. The molecule has 0 saturated carbocycles. The van der Waals surface area contributed by atoms with Gasteiger partial charge < -0.3 is 4.98 Å². The summed E-state index contributed by atoms with van der Waals surface area (Å²) in [5, 5.41) is 1.46. The molecule has 0 aliphatic heterocycles. The zero-order valence-corrected chi connectivity index (χ0v) is 7.86. The quantitative estimate of drug-likeness (QED) is 0.732. The van der Waals surface area contributed by atoms with Crippen molar-refractivity contribution < 1.29 is 0 Å². The fourth-order valence-corrected chi connectivity index (χ4v) is 1.43. The number of nitrogens with one attached hydrogen (secondary N) is 1. The summed E-state index contributed by atoms with van der Waals surface area (Å²) < 4.78 is 0. The monoisotopic (exact) mass is 214 g/mol. The number of nitrogens with zero attached hydrogens (tertiary/aromatic N) is 1. The Bertz CT molecular complexity index is 521. The summed E-state index contributed by atoms with van der Waals surface area (Å²) in [6, 6.07) is 1.61. The number of halogens is 2. The molecule has 3 nitrogen and oxygen atoms in total. The second-order valence-electron chi connectivity index (χ2n) is 2.52. The molecule has 0 atom stereocenters. The zero-order valence-electron chi connectivity index (χ0n) is 6.34. The normalized spacial score (nSPS) is 10.6. The van der Waals surface area contributed by atoms with E-state index in [1.807, 2.05) is 0 Å². The Kier molecular flexibility index (Phi) is 1.98. The van der Waals surface area contributed by atoms with Gasteiger partial charge in [0.05, 0.1) is 10.0 Å². The van der Waals surface area contributed by atoms with Crippen molar-refractivity contribution in [3.63, 3.8) is 0 Å². The summed E-state index contributed by atoms with van der Waals surface area (Å²) in [4.78, 5) is 17.6. The highest BCUT2D eigenvalue weighted by Gasteiger charge is 2.04. The van der Waals surface area contributed by atoms with E-state index in [-0.39, 0.29) is 5.56 Å². The van der Waals surface area contributed by atoms with Gasteiger partial charge in [0.2, 0.25) is 0 Å². The van der Waals surface area contributed by atoms with Gasteiger partial charge in [0.25, 0.3) is 5.56 Å². The molecular weight excluding hydrogens is 211 g/mol. The van der Waals surface area contributed by atoms with E-state index in [0.717, 1.165) is 0 Å². The topological polar surface area (TPSA) is 45.8 Å². The lowest BCUT2D eigenvalue weighted by atomic mass is 10.3. The first-order valence-electron chi connectivity index (χ1n) is 3.51. The van der Waals surface area contributed by atoms with E-state index >= 15 is 0 Å². The number of H-pyrrole nitrogens is 1. The van der Waals surface area contributed by atoms with Crippen molar-refractivity contribution in [3.05, 3.63) is 38.9 Å². The number of fused-ring (bicyclic) bond motifs is 1. The average molecular weight is 215 g/mol. The van der Waals surface area contributed by atoms with Gasteiger partial charge in [0.15, 0.2) is 0 Å². The van der Waals surface area contributed by atoms with Crippen LogP contribution in [0.2, 0.25) is 10.0 Å². The summed E-state index contributed by atoms with van der Waals surface area (Å²) in [5.74, 6) is 0. The van der Waals surface area contributed by atoms with Crippen molar-refractivity contribution >= 4 is 34.1 Å². The van der Waals surface area contributed by atoms with Gasteiger partial charge in [-0.2, -0.15) is 0 Å². The average Bonchev–Trinajstić information content (AvgIpc) is 2.12. The van der Waals surface area contributed by atoms with Crippen LogP contribution in [0.4, 0.5) is 0 Å². The van der Waals surface area contributed by atoms with E-state index in [4.69, 9.17) is 23.2 Å². The highest BCUT2D eigenvalue weighted by molar-refractivity contribution is 6.36. The Morgan fingerprint density at radius 2 is 2.15 bits per heavy atom. The maximum atomic E-state index is 11.2. The molecule has 1 N–H and O–H groups in total. The van der Waals surface area contributed by atoms with E-state index in [0.29, 0.717) is 20.9 Å². The lowest BCUT2D eigenvalue weighted by Gasteiger charge is -1.98. The van der Waals surface area contributed by atoms with Gasteiger partial charge in [-0.3, -0.25) is 4.79 Å². The zero-order chi connectivity index (χ0) is 9.42. The van der Waals surface area contributed by atoms with Crippen LogP contribution in [0.5, 0.6) is 0 Å². The van der Waals surface area contributed by atoms with Gasteiger partial charge in [0, 0.05) is 17.8 Å². The summed E-state index contributed by atoms with van der Waals surface area (Å²) in [6.45, 7) is 0. The molecule has 0 unspecified atom stereocenters. The molecule has 0 aliphatic rings. The molecule has 0 amide bonds. The van der Waals surface area contributed by atoms with Gasteiger partial charge in [0.1, 0.15) is 5.52 Å². The molecule has 0 radical (unpaired) electrons. The summed E-state index contributed by atoms with van der Waals surface area (Å²) in [7, 11) is 0. The number of pyridine rings is 2. The SMILES string of the molecule is O=c1[nH]cc(Cl)c2cc(Cl)cnc12. The van der Waals surface area contributed by atoms with Crippen LogP contribution in [0.15, 0.2) is 23.3 Å². The molecule has 0 aliphatic carbocycles. The lowest BCUT2D eigenvalue weighted by molar-refractivity contribution is 1.24. The molecule has 0 fully saturated rings. The van der Waals surface area contributed by atoms with Crippen LogP contribution in [-0.2, 0) is 0 Å². The predicted octanol–water partition coefficient (Wildman–Crippen LogP) is 2.23. The molecule has 2 aromatic heterocycles. The maximum Gasteiger partial charge on any atom is 0.274 e. The predicted molar refractivity (Wildman–Crippen MR) is 52.4 cm³/mol. The van der Waals surface area contributed by atoms with Crippen LogP contribution < -0.4 is 5.56 Å². The Morgan fingerprint density at radius 3 is 2.92 bits per heavy atom. The second kappa shape index (κ2) is 3.01. The molecule has 13 heavy (non-hydrogen) atoms. The molecule has 5 heteroatoms. The molecule has 0 aromatic carbocycles. The van der Waals surface area contributed by atoms with Crippen LogP contribution >= 0.6 is 23.2 Å². The van der Waals surface area contributed by atoms with Crippen LogP contribution in [0.1, 0.15) is 0 Å². The number of rotatable bonds is 0. The van der Waals surface area contributed by atoms with Crippen molar-refractivity contribution in [1.29, 1.82) is 0 Å². The minimum Gasteiger partial charge on any atom is -0.326 e. The third-order valence-electron chi connectivity index (χ3n) is 1.66. The lowest BCUT2D eigenvalue weighted by Crippen LogP contribution is -2.06. The van der Waals surface area contributed by atoms with E-state index < -0.39 is 0 Å². The summed E-state index contributed by atoms with van der Waals surface area (Å²) >= 11 is 11.5. The summed E-state index contributed by atoms with van der Waals surface area (Å²) in [5.41, 5.74) is 0.0352. The van der Waals surface area contributed by atoms with Crippen LogP contribution in [-0.4, -0.2) is 9.97 Å². The summed E-state index contributed by atoms with van der Waals surface area (Å²) in [6.07, 6.45) is 2.83. The highest BCUT2D eigenvalue weighted by atomic mass is 35.5. The largest absolute Gasteiger partial charge is 0.326 e. The van der Waals surface area contributed by atoms with Gasteiger partial charge in [-0.15, -0.1) is 0 Å². The first-order valence-corrected chi connectivity index (χ1v) is 4.26. The van der Waals surface area contributed by atoms with Crippen molar-refractivity contribution in [2.45, 2.75) is 0 Å². The van der Waals surface area contributed by atoms with E-state index in [1.165, 1.54) is 12.4 Å². The Balaban J connectivity index is 3.01. The van der Waals surface area contributed by atoms with Gasteiger partial charge in [-0.05, 0) is 6.07 Å². The van der Waals surface area contributed by atoms with Crippen molar-refractivity contribution in [1.82, 2.24) is 9.97 Å². The van der Waals surface area contributed by atoms with E-state index in [1.54, 1.807) is 6.07 Å². The minimum absolute atomic E-state index is 0.268. The Hall–Kier alpha value is -1.06. The van der Waals surface area contributed by atoms with E-state index in [9.17, 15) is 4.79 Å². The number of hydrogen-bond donors (Lipinski definition) is 1. The maximum absolute atomic E-state index is 11.2. The fraction of sp³-hybridized carbons (Fsp3) is 0. The molecule has 66 valence electrons. The fourth-order valence-electron chi connectivity index (χ4n) is 1.08. The molecule has 0 bridgehead atoms. The van der Waals surface area contributed by atoms with E-state index in [2.05, 4.69) is 9.97 Å². The third kappa shape index (κ3) is 1.41. The molecule has 0 saturated heterocycles. The van der Waals surface area contributed by atoms with Crippen molar-refractivity contribution in [2.24, 2.45) is 0 Å². The first-order chi connectivity index (χ1) is 6.18. The van der Waals surface area contributed by atoms with Crippen molar-refractivity contribution in [2.75, 3.05) is 0 Å². The van der Waals surface area contributed by atoms with Gasteiger partial charge in [-0.25, -0.2) is 4.98 Å². The third-order valence-corrected chi connectivity index (χ3v) is 2.18. The number of aromatic nitrogens is 2. The molecule has 0 spiro atoms. The van der Waals surface area contributed by atoms with Gasteiger partial charge >= 0.3 is 0 Å². The molecule has 2 aromatic rings. The smallest absolute Gasteiger partial charge is 0.274 e. The standard InChI is InChI=1S/C8H4Cl2N2O/c9-4-1-5-6(10)3-12-8(13)7(5)11-2-4/h1-3H,(H,12,13). The minimum atomic E-state index is -0.268. The first kappa shape index (κ1) is 8.53. The van der Waals surface area contributed by atoms with Crippen LogP contribution in [0, 0.1) is 0 Å². The number of aromatic amines is 1. The van der Waals surface area contributed by atoms with Crippen LogP contribution in [0.3, 0.4) is 0 Å². The molecule has 2 heterocycles. The van der Waals surface area contributed by atoms with Crippen molar-refractivity contribution in [3.8, 4) is 0 Å². The van der Waals surface area contributed by atoms with Crippen LogP contribution in [0.25, 0.3) is 10.9 Å². The molecule has 2 rings (SSSR count). The Morgan fingerprint density at radius 1 is 1.38 bits per heavy atom. The molecular formula is C8H4Cl2N2O. The van der Waals surface area contributed by atoms with Gasteiger partial charge in [-0.1, -0.05) is 23.2 Å². The number of hydrogen-bond acceptors (Lipinski definition) is 2. The second-order valence-corrected chi connectivity index (χ2v) is 3.36. The Labute approximate surface area is 83.3 Å².